The summed E-state index contributed by atoms with van der Waals surface area (Å²) < 4.78 is 19.8. The first-order chi connectivity index (χ1) is 9.69. The first kappa shape index (κ1) is 11.4. The van der Waals surface area contributed by atoms with Crippen LogP contribution in [0.3, 0.4) is 0 Å². The molecule has 2 N–H and O–H groups in total. The zero-order chi connectivity index (χ0) is 13.7. The molecule has 0 aliphatic carbocycles. The van der Waals surface area contributed by atoms with Crippen LogP contribution in [0.25, 0.3) is 32.0 Å². The molecule has 5 heteroatoms. The number of nitrogen functional groups attached to an aromatic ring is 1. The minimum atomic E-state index is -0.240. The normalized spacial score (nSPS) is 11.4. The van der Waals surface area contributed by atoms with Crippen molar-refractivity contribution in [2.75, 3.05) is 5.73 Å². The predicted molar refractivity (Wildman–Crippen MR) is 79.2 cm³/mol. The third-order valence-corrected chi connectivity index (χ3v) is 4.19. The van der Waals surface area contributed by atoms with Crippen LogP contribution in [0.5, 0.6) is 0 Å². The third kappa shape index (κ3) is 1.75. The maximum atomic E-state index is 13.2. The van der Waals surface area contributed by atoms with Crippen LogP contribution in [0.2, 0.25) is 0 Å². The molecule has 2 heterocycles. The molecule has 0 aliphatic rings. The zero-order valence-electron chi connectivity index (χ0n) is 10.3. The number of thiophene rings is 1. The van der Waals surface area contributed by atoms with Crippen LogP contribution in [-0.4, -0.2) is 4.98 Å². The Bertz CT molecular complexity index is 864. The van der Waals surface area contributed by atoms with Gasteiger partial charge in [0.2, 0.25) is 5.89 Å². The van der Waals surface area contributed by atoms with Gasteiger partial charge < -0.3 is 10.2 Å². The Morgan fingerprint density at radius 3 is 2.90 bits per heavy atom. The summed E-state index contributed by atoms with van der Waals surface area (Å²) >= 11 is 1.46. The zero-order valence-corrected chi connectivity index (χ0v) is 11.1. The highest BCUT2D eigenvalue weighted by Gasteiger charge is 2.12. The van der Waals surface area contributed by atoms with E-state index in [0.29, 0.717) is 17.2 Å². The van der Waals surface area contributed by atoms with E-state index < -0.39 is 0 Å². The van der Waals surface area contributed by atoms with Crippen molar-refractivity contribution in [1.29, 1.82) is 0 Å². The number of oxazole rings is 1. The van der Waals surface area contributed by atoms with Crippen LogP contribution in [0.1, 0.15) is 0 Å². The minimum absolute atomic E-state index is 0.240. The van der Waals surface area contributed by atoms with Gasteiger partial charge in [0.25, 0.3) is 0 Å². The molecule has 0 saturated heterocycles. The lowest BCUT2D eigenvalue weighted by Crippen LogP contribution is -1.81. The molecule has 0 saturated carbocycles. The molecule has 0 aliphatic heterocycles. The van der Waals surface area contributed by atoms with Gasteiger partial charge in [-0.2, -0.15) is 0 Å². The van der Waals surface area contributed by atoms with Gasteiger partial charge in [-0.15, -0.1) is 11.3 Å². The van der Waals surface area contributed by atoms with Crippen molar-refractivity contribution in [3.63, 3.8) is 0 Å². The molecule has 3 nitrogen and oxygen atoms in total. The summed E-state index contributed by atoms with van der Waals surface area (Å²) in [6.07, 6.45) is 0. The summed E-state index contributed by atoms with van der Waals surface area (Å²) in [5.41, 5.74) is 7.78. The summed E-state index contributed by atoms with van der Waals surface area (Å²) in [5, 5.41) is 0.980. The maximum Gasteiger partial charge on any atom is 0.237 e. The highest BCUT2D eigenvalue weighted by molar-refractivity contribution is 7.22. The van der Waals surface area contributed by atoms with Gasteiger partial charge in [0, 0.05) is 16.5 Å². The quantitative estimate of drug-likeness (QED) is 0.526. The van der Waals surface area contributed by atoms with Crippen LogP contribution in [0, 0.1) is 5.82 Å². The second-order valence-electron chi connectivity index (χ2n) is 4.54. The molecule has 0 atom stereocenters. The fourth-order valence-corrected chi connectivity index (χ4v) is 3.17. The number of hydrogen-bond donors (Lipinski definition) is 1. The fraction of sp³-hybridized carbons (Fsp3) is 0. The standard InChI is InChI=1S/C15H9FN2OS/c16-9-2-1-8-5-14(20-13(8)6-9)15-18-11-4-3-10(17)7-12(11)19-15/h1-7H,17H2. The van der Waals surface area contributed by atoms with E-state index >= 15 is 0 Å². The summed E-state index contributed by atoms with van der Waals surface area (Å²) in [4.78, 5) is 5.31. The summed E-state index contributed by atoms with van der Waals surface area (Å²) in [7, 11) is 0. The van der Waals surface area contributed by atoms with Crippen LogP contribution in [0.4, 0.5) is 10.1 Å². The Morgan fingerprint density at radius 2 is 2.00 bits per heavy atom. The second kappa shape index (κ2) is 4.05. The van der Waals surface area contributed by atoms with Gasteiger partial charge in [-0.05, 0) is 35.7 Å². The average Bonchev–Trinajstić information content (AvgIpc) is 3.00. The summed E-state index contributed by atoms with van der Waals surface area (Å²) in [6, 6.07) is 12.0. The van der Waals surface area contributed by atoms with Crippen LogP contribution in [0.15, 0.2) is 46.9 Å². The lowest BCUT2D eigenvalue weighted by molar-refractivity contribution is 0.622. The van der Waals surface area contributed by atoms with Crippen molar-refractivity contribution in [3.05, 3.63) is 48.3 Å². The van der Waals surface area contributed by atoms with Gasteiger partial charge in [0.1, 0.15) is 11.3 Å². The van der Waals surface area contributed by atoms with Crippen LogP contribution < -0.4 is 5.73 Å². The van der Waals surface area contributed by atoms with Gasteiger partial charge in [0.15, 0.2) is 5.58 Å². The summed E-state index contributed by atoms with van der Waals surface area (Å²) in [5.74, 6) is 0.295. The van der Waals surface area contributed by atoms with E-state index in [9.17, 15) is 4.39 Å². The van der Waals surface area contributed by atoms with Gasteiger partial charge in [-0.3, -0.25) is 0 Å². The molecule has 2 aromatic heterocycles. The average molecular weight is 284 g/mol. The Morgan fingerprint density at radius 1 is 1.10 bits per heavy atom. The van der Waals surface area contributed by atoms with E-state index in [4.69, 9.17) is 10.2 Å². The highest BCUT2D eigenvalue weighted by atomic mass is 32.1. The fourth-order valence-electron chi connectivity index (χ4n) is 2.16. The number of fused-ring (bicyclic) bond motifs is 2. The number of nitrogens with zero attached hydrogens (tertiary/aromatic N) is 1. The van der Waals surface area contributed by atoms with E-state index in [2.05, 4.69) is 4.98 Å². The number of halogens is 1. The molecule has 0 fully saturated rings. The molecule has 4 rings (SSSR count). The van der Waals surface area contributed by atoms with Crippen molar-refractivity contribution in [2.45, 2.75) is 0 Å². The largest absolute Gasteiger partial charge is 0.435 e. The van der Waals surface area contributed by atoms with Crippen molar-refractivity contribution in [3.8, 4) is 10.8 Å². The molecule has 20 heavy (non-hydrogen) atoms. The second-order valence-corrected chi connectivity index (χ2v) is 5.62. The van der Waals surface area contributed by atoms with Crippen molar-refractivity contribution in [1.82, 2.24) is 4.98 Å². The van der Waals surface area contributed by atoms with E-state index in [1.54, 1.807) is 18.2 Å². The molecule has 0 spiro atoms. The van der Waals surface area contributed by atoms with E-state index in [1.165, 1.54) is 23.5 Å². The van der Waals surface area contributed by atoms with Gasteiger partial charge >= 0.3 is 0 Å². The molecule has 0 amide bonds. The molecule has 0 bridgehead atoms. The topological polar surface area (TPSA) is 52.0 Å². The van der Waals surface area contributed by atoms with Gasteiger partial charge in [-0.25, -0.2) is 9.37 Å². The first-order valence-corrected chi connectivity index (χ1v) is 6.86. The predicted octanol–water partition coefficient (Wildman–Crippen LogP) is 4.43. The third-order valence-electron chi connectivity index (χ3n) is 3.11. The van der Waals surface area contributed by atoms with E-state index in [0.717, 1.165) is 20.5 Å². The van der Waals surface area contributed by atoms with Crippen LogP contribution in [-0.2, 0) is 0 Å². The summed E-state index contributed by atoms with van der Waals surface area (Å²) in [6.45, 7) is 0. The highest BCUT2D eigenvalue weighted by Crippen LogP contribution is 2.35. The minimum Gasteiger partial charge on any atom is -0.435 e. The molecular weight excluding hydrogens is 275 g/mol. The lowest BCUT2D eigenvalue weighted by atomic mass is 10.2. The maximum absolute atomic E-state index is 13.2. The molecule has 2 aromatic carbocycles. The van der Waals surface area contributed by atoms with Crippen LogP contribution >= 0.6 is 11.3 Å². The van der Waals surface area contributed by atoms with Gasteiger partial charge in [-0.1, -0.05) is 6.07 Å². The molecule has 98 valence electrons. The number of benzene rings is 2. The lowest BCUT2D eigenvalue weighted by Gasteiger charge is -1.88. The number of anilines is 1. The van der Waals surface area contributed by atoms with Crippen molar-refractivity contribution in [2.24, 2.45) is 0 Å². The SMILES string of the molecule is Nc1ccc2nc(-c3cc4ccc(F)cc4s3)oc2c1. The smallest absolute Gasteiger partial charge is 0.237 e. The first-order valence-electron chi connectivity index (χ1n) is 6.04. The number of nitrogens with two attached hydrogens (primary N) is 1. The Hall–Kier alpha value is -2.40. The number of rotatable bonds is 1. The van der Waals surface area contributed by atoms with Gasteiger partial charge in [0.05, 0.1) is 4.88 Å². The monoisotopic (exact) mass is 284 g/mol. The molecule has 0 unspecified atom stereocenters. The van der Waals surface area contributed by atoms with E-state index in [-0.39, 0.29) is 5.82 Å². The van der Waals surface area contributed by atoms with E-state index in [1.807, 2.05) is 12.1 Å². The Balaban J connectivity index is 1.91. The van der Waals surface area contributed by atoms with Crippen molar-refractivity contribution < 1.29 is 8.81 Å². The molecule has 0 radical (unpaired) electrons. The van der Waals surface area contributed by atoms with Crippen molar-refractivity contribution >= 4 is 38.2 Å². The molecule has 4 aromatic rings. The number of hydrogen-bond acceptors (Lipinski definition) is 4. The number of aromatic nitrogens is 1. The Labute approximate surface area is 117 Å². The Kier molecular flexibility index (Phi) is 2.31. The molecular formula is C15H9FN2OS.